The molecular weight excluding hydrogens is 260 g/mol. The van der Waals surface area contributed by atoms with Crippen LogP contribution in [0.2, 0.25) is 5.02 Å². The Hall–Kier alpha value is -1.06. The number of carbonyl (C=O) groups excluding carboxylic acids is 1. The predicted molar refractivity (Wildman–Crippen MR) is 76.3 cm³/mol. The third-order valence-corrected chi connectivity index (χ3v) is 4.62. The average Bonchev–Trinajstić information content (AvgIpc) is 2.85. The lowest BCUT2D eigenvalue weighted by Crippen LogP contribution is -2.41. The van der Waals surface area contributed by atoms with Crippen molar-refractivity contribution >= 4 is 17.5 Å². The number of hydrogen-bond donors (Lipinski definition) is 1. The molecule has 0 radical (unpaired) electrons. The van der Waals surface area contributed by atoms with Gasteiger partial charge in [0.25, 0.3) is 0 Å². The molecular formula is C15H19ClN2O. The van der Waals surface area contributed by atoms with E-state index in [0.29, 0.717) is 23.4 Å². The molecule has 0 aliphatic carbocycles. The van der Waals surface area contributed by atoms with Crippen LogP contribution in [-0.4, -0.2) is 36.5 Å². The van der Waals surface area contributed by atoms with E-state index < -0.39 is 0 Å². The van der Waals surface area contributed by atoms with Crippen LogP contribution in [0.4, 0.5) is 0 Å². The van der Waals surface area contributed by atoms with E-state index in [0.717, 1.165) is 25.2 Å². The fraction of sp³-hybridized carbons (Fsp3) is 0.533. The van der Waals surface area contributed by atoms with Gasteiger partial charge in [-0.15, -0.1) is 0 Å². The number of fused-ring (bicyclic) bond motifs is 1. The molecule has 1 N–H and O–H groups in total. The number of halogens is 1. The molecule has 2 atom stereocenters. The molecule has 2 fully saturated rings. The summed E-state index contributed by atoms with van der Waals surface area (Å²) < 4.78 is 0. The van der Waals surface area contributed by atoms with Gasteiger partial charge in [-0.3, -0.25) is 4.79 Å². The minimum atomic E-state index is 0.198. The van der Waals surface area contributed by atoms with Crippen molar-refractivity contribution in [2.24, 2.45) is 5.92 Å². The van der Waals surface area contributed by atoms with Gasteiger partial charge in [-0.05, 0) is 36.9 Å². The number of likely N-dealkylation sites (tertiary alicyclic amines) is 1. The molecule has 0 bridgehead atoms. The third-order valence-electron chi connectivity index (χ3n) is 4.25. The van der Waals surface area contributed by atoms with E-state index in [1.807, 2.05) is 29.2 Å². The second-order valence-electron chi connectivity index (χ2n) is 5.53. The van der Waals surface area contributed by atoms with Gasteiger partial charge >= 0.3 is 0 Å². The van der Waals surface area contributed by atoms with E-state index in [1.54, 1.807) is 0 Å². The summed E-state index contributed by atoms with van der Waals surface area (Å²) in [6.45, 7) is 2.85. The summed E-state index contributed by atoms with van der Waals surface area (Å²) in [6.07, 6.45) is 2.89. The summed E-state index contributed by atoms with van der Waals surface area (Å²) >= 11 is 6.11. The first-order chi connectivity index (χ1) is 9.24. The summed E-state index contributed by atoms with van der Waals surface area (Å²) in [5, 5.41) is 4.21. The first kappa shape index (κ1) is 12.9. The van der Waals surface area contributed by atoms with Gasteiger partial charge in [0.15, 0.2) is 0 Å². The van der Waals surface area contributed by atoms with Crippen LogP contribution < -0.4 is 5.32 Å². The SMILES string of the molecule is O=C(Cc1ccccc1Cl)N1CC2CCCNC2C1. The highest BCUT2D eigenvalue weighted by Gasteiger charge is 2.36. The minimum absolute atomic E-state index is 0.198. The molecule has 1 aromatic carbocycles. The standard InChI is InChI=1S/C15H19ClN2O/c16-13-6-2-1-4-11(13)8-15(19)18-9-12-5-3-7-17-14(12)10-18/h1-2,4,6,12,14,17H,3,5,7-10H2. The van der Waals surface area contributed by atoms with Crippen LogP contribution in [0.3, 0.4) is 0 Å². The minimum Gasteiger partial charge on any atom is -0.340 e. The number of carbonyl (C=O) groups is 1. The normalized spacial score (nSPS) is 26.3. The van der Waals surface area contributed by atoms with Crippen molar-refractivity contribution in [1.82, 2.24) is 10.2 Å². The maximum atomic E-state index is 12.3. The summed E-state index contributed by atoms with van der Waals surface area (Å²) in [5.74, 6) is 0.841. The zero-order valence-electron chi connectivity index (χ0n) is 10.9. The molecule has 2 aliphatic heterocycles. The molecule has 0 saturated carbocycles. The second kappa shape index (κ2) is 5.51. The average molecular weight is 279 g/mol. The van der Waals surface area contributed by atoms with E-state index in [9.17, 15) is 4.79 Å². The first-order valence-electron chi connectivity index (χ1n) is 6.98. The van der Waals surface area contributed by atoms with Crippen molar-refractivity contribution in [3.63, 3.8) is 0 Å². The molecule has 2 unspecified atom stereocenters. The van der Waals surface area contributed by atoms with Crippen molar-refractivity contribution in [3.8, 4) is 0 Å². The number of benzene rings is 1. The highest BCUT2D eigenvalue weighted by molar-refractivity contribution is 6.31. The van der Waals surface area contributed by atoms with Crippen molar-refractivity contribution < 1.29 is 4.79 Å². The Morgan fingerprint density at radius 1 is 1.37 bits per heavy atom. The fourth-order valence-corrected chi connectivity index (χ4v) is 3.37. The molecule has 102 valence electrons. The highest BCUT2D eigenvalue weighted by atomic mass is 35.5. The summed E-state index contributed by atoms with van der Waals surface area (Å²) in [6, 6.07) is 8.10. The Kier molecular flexibility index (Phi) is 3.76. The topological polar surface area (TPSA) is 32.3 Å². The highest BCUT2D eigenvalue weighted by Crippen LogP contribution is 2.26. The summed E-state index contributed by atoms with van der Waals surface area (Å²) in [4.78, 5) is 14.3. The third kappa shape index (κ3) is 2.77. The number of nitrogens with one attached hydrogen (secondary N) is 1. The second-order valence-corrected chi connectivity index (χ2v) is 5.94. The van der Waals surface area contributed by atoms with E-state index in [1.165, 1.54) is 12.8 Å². The summed E-state index contributed by atoms with van der Waals surface area (Å²) in [7, 11) is 0. The smallest absolute Gasteiger partial charge is 0.227 e. The quantitative estimate of drug-likeness (QED) is 0.898. The lowest BCUT2D eigenvalue weighted by Gasteiger charge is -2.24. The van der Waals surface area contributed by atoms with Crippen molar-refractivity contribution in [2.45, 2.75) is 25.3 Å². The molecule has 0 aromatic heterocycles. The van der Waals surface area contributed by atoms with E-state index in [4.69, 9.17) is 11.6 Å². The van der Waals surface area contributed by atoms with Crippen LogP contribution in [0.5, 0.6) is 0 Å². The van der Waals surface area contributed by atoms with Crippen molar-refractivity contribution in [3.05, 3.63) is 34.9 Å². The van der Waals surface area contributed by atoms with E-state index >= 15 is 0 Å². The molecule has 2 heterocycles. The van der Waals surface area contributed by atoms with Gasteiger partial charge in [-0.25, -0.2) is 0 Å². The van der Waals surface area contributed by atoms with E-state index in [-0.39, 0.29) is 5.91 Å². The van der Waals surface area contributed by atoms with Crippen LogP contribution >= 0.6 is 11.6 Å². The maximum Gasteiger partial charge on any atom is 0.227 e. The van der Waals surface area contributed by atoms with Crippen LogP contribution in [-0.2, 0) is 11.2 Å². The van der Waals surface area contributed by atoms with Gasteiger partial charge in [0.2, 0.25) is 5.91 Å². The Balaban J connectivity index is 1.64. The van der Waals surface area contributed by atoms with E-state index in [2.05, 4.69) is 5.32 Å². The van der Waals surface area contributed by atoms with Crippen molar-refractivity contribution in [1.29, 1.82) is 0 Å². The molecule has 19 heavy (non-hydrogen) atoms. The monoisotopic (exact) mass is 278 g/mol. The number of hydrogen-bond acceptors (Lipinski definition) is 2. The summed E-state index contributed by atoms with van der Waals surface area (Å²) in [5.41, 5.74) is 0.928. The molecule has 1 aromatic rings. The molecule has 1 amide bonds. The van der Waals surface area contributed by atoms with Gasteiger partial charge in [0.05, 0.1) is 6.42 Å². The molecule has 2 aliphatic rings. The van der Waals surface area contributed by atoms with Crippen LogP contribution in [0.25, 0.3) is 0 Å². The zero-order chi connectivity index (χ0) is 13.2. The molecule has 3 rings (SSSR count). The van der Waals surface area contributed by atoms with Crippen LogP contribution in [0.1, 0.15) is 18.4 Å². The Morgan fingerprint density at radius 2 is 2.21 bits per heavy atom. The molecule has 4 heteroatoms. The predicted octanol–water partition coefficient (Wildman–Crippen LogP) is 2.09. The van der Waals surface area contributed by atoms with Gasteiger partial charge < -0.3 is 10.2 Å². The van der Waals surface area contributed by atoms with Crippen LogP contribution in [0.15, 0.2) is 24.3 Å². The van der Waals surface area contributed by atoms with Gasteiger partial charge in [0.1, 0.15) is 0 Å². The van der Waals surface area contributed by atoms with Crippen molar-refractivity contribution in [2.75, 3.05) is 19.6 Å². The fourth-order valence-electron chi connectivity index (χ4n) is 3.17. The van der Waals surface area contributed by atoms with Gasteiger partial charge in [-0.2, -0.15) is 0 Å². The zero-order valence-corrected chi connectivity index (χ0v) is 11.7. The lowest BCUT2D eigenvalue weighted by atomic mass is 9.94. The Bertz CT molecular complexity index is 463. The molecule has 2 saturated heterocycles. The Morgan fingerprint density at radius 3 is 3.00 bits per heavy atom. The Labute approximate surface area is 118 Å². The van der Waals surface area contributed by atoms with Gasteiger partial charge in [-0.1, -0.05) is 29.8 Å². The van der Waals surface area contributed by atoms with Crippen LogP contribution in [0, 0.1) is 5.92 Å². The molecule has 0 spiro atoms. The number of nitrogens with zero attached hydrogens (tertiary/aromatic N) is 1. The number of piperidine rings is 1. The first-order valence-corrected chi connectivity index (χ1v) is 7.36. The lowest BCUT2D eigenvalue weighted by molar-refractivity contribution is -0.129. The van der Waals surface area contributed by atoms with Gasteiger partial charge in [0, 0.05) is 24.2 Å². The number of amides is 1. The maximum absolute atomic E-state index is 12.3. The molecule has 3 nitrogen and oxygen atoms in total. The number of rotatable bonds is 2. The largest absolute Gasteiger partial charge is 0.340 e.